The number of hydrogen-bond acceptors (Lipinski definition) is 2. The number of halogens is 3. The topological polar surface area (TPSA) is 23.6 Å². The van der Waals surface area contributed by atoms with Crippen LogP contribution >= 0.6 is 0 Å². The summed E-state index contributed by atoms with van der Waals surface area (Å²) in [4.78, 5) is 16.6. The first-order valence-electron chi connectivity index (χ1n) is 10.5. The average molecular weight is 396 g/mol. The minimum absolute atomic E-state index is 0.218. The SMILES string of the molecule is CC(Cc1cccc(C(F)(F)F)c1)N1CCC(CCC(=O)N2CCCC2)CC1. The highest BCUT2D eigenvalue weighted by atomic mass is 19.4. The molecule has 6 heteroatoms. The fraction of sp³-hybridized carbons (Fsp3) is 0.682. The summed E-state index contributed by atoms with van der Waals surface area (Å²) in [6.07, 6.45) is 2.37. The Balaban J connectivity index is 1.42. The summed E-state index contributed by atoms with van der Waals surface area (Å²) < 4.78 is 38.7. The second kappa shape index (κ2) is 9.29. The Morgan fingerprint density at radius 2 is 1.82 bits per heavy atom. The summed E-state index contributed by atoms with van der Waals surface area (Å²) in [6.45, 7) is 5.86. The van der Waals surface area contributed by atoms with Gasteiger partial charge in [0.1, 0.15) is 0 Å². The summed E-state index contributed by atoms with van der Waals surface area (Å²) in [5, 5.41) is 0. The molecule has 0 bridgehead atoms. The van der Waals surface area contributed by atoms with Crippen LogP contribution in [0.2, 0.25) is 0 Å². The van der Waals surface area contributed by atoms with Gasteiger partial charge >= 0.3 is 6.18 Å². The largest absolute Gasteiger partial charge is 0.416 e. The van der Waals surface area contributed by atoms with Gasteiger partial charge in [-0.25, -0.2) is 0 Å². The number of carbonyl (C=O) groups excluding carboxylic acids is 1. The summed E-state index contributed by atoms with van der Waals surface area (Å²) in [7, 11) is 0. The number of rotatable bonds is 6. The predicted molar refractivity (Wildman–Crippen MR) is 104 cm³/mol. The highest BCUT2D eigenvalue weighted by Gasteiger charge is 2.31. The number of hydrogen-bond donors (Lipinski definition) is 0. The second-order valence-electron chi connectivity index (χ2n) is 8.36. The quantitative estimate of drug-likeness (QED) is 0.693. The number of amides is 1. The molecule has 2 fully saturated rings. The summed E-state index contributed by atoms with van der Waals surface area (Å²) >= 11 is 0. The zero-order valence-corrected chi connectivity index (χ0v) is 16.7. The Hall–Kier alpha value is -1.56. The first kappa shape index (κ1) is 21.2. The molecule has 0 N–H and O–H groups in total. The van der Waals surface area contributed by atoms with Crippen molar-refractivity contribution in [3.8, 4) is 0 Å². The zero-order chi connectivity index (χ0) is 20.1. The van der Waals surface area contributed by atoms with Gasteiger partial charge < -0.3 is 9.80 Å². The lowest BCUT2D eigenvalue weighted by atomic mass is 9.90. The van der Waals surface area contributed by atoms with Gasteiger partial charge in [-0.2, -0.15) is 13.2 Å². The van der Waals surface area contributed by atoms with Gasteiger partial charge in [-0.1, -0.05) is 18.2 Å². The Morgan fingerprint density at radius 3 is 2.46 bits per heavy atom. The Labute approximate surface area is 165 Å². The maximum atomic E-state index is 12.9. The predicted octanol–water partition coefficient (Wildman–Crippen LogP) is 4.75. The van der Waals surface area contributed by atoms with E-state index in [2.05, 4.69) is 11.8 Å². The van der Waals surface area contributed by atoms with E-state index in [1.807, 2.05) is 4.90 Å². The second-order valence-corrected chi connectivity index (χ2v) is 8.36. The van der Waals surface area contributed by atoms with E-state index in [0.29, 0.717) is 24.7 Å². The lowest BCUT2D eigenvalue weighted by molar-refractivity contribution is -0.137. The third kappa shape index (κ3) is 5.72. The van der Waals surface area contributed by atoms with Crippen molar-refractivity contribution in [2.75, 3.05) is 26.2 Å². The molecular formula is C22H31F3N2O. The number of piperidine rings is 1. The molecule has 1 atom stereocenters. The first-order valence-corrected chi connectivity index (χ1v) is 10.5. The van der Waals surface area contributed by atoms with Crippen molar-refractivity contribution < 1.29 is 18.0 Å². The highest BCUT2D eigenvalue weighted by molar-refractivity contribution is 5.76. The van der Waals surface area contributed by atoms with Gasteiger partial charge in [0.15, 0.2) is 0 Å². The standard InChI is InChI=1S/C22H31F3N2O/c1-17(15-19-5-4-6-20(16-19)22(23,24)25)26-13-9-18(10-14-26)7-8-21(28)27-11-2-3-12-27/h4-6,16-18H,2-3,7-15H2,1H3. The molecule has 0 aromatic heterocycles. The van der Waals surface area contributed by atoms with Crippen molar-refractivity contribution in [1.82, 2.24) is 9.80 Å². The number of benzene rings is 1. The molecule has 2 heterocycles. The zero-order valence-electron chi connectivity index (χ0n) is 16.7. The van der Waals surface area contributed by atoms with Crippen molar-refractivity contribution in [3.63, 3.8) is 0 Å². The molecular weight excluding hydrogens is 365 g/mol. The first-order chi connectivity index (χ1) is 13.3. The number of likely N-dealkylation sites (tertiary alicyclic amines) is 2. The molecule has 2 saturated heterocycles. The van der Waals surface area contributed by atoms with E-state index in [4.69, 9.17) is 0 Å². The van der Waals surface area contributed by atoms with Gasteiger partial charge in [-0.3, -0.25) is 4.79 Å². The van der Waals surface area contributed by atoms with Crippen LogP contribution in [0.15, 0.2) is 24.3 Å². The van der Waals surface area contributed by atoms with E-state index in [-0.39, 0.29) is 6.04 Å². The molecule has 0 spiro atoms. The lowest BCUT2D eigenvalue weighted by Gasteiger charge is -2.36. The molecule has 1 unspecified atom stereocenters. The van der Waals surface area contributed by atoms with E-state index < -0.39 is 11.7 Å². The molecule has 0 saturated carbocycles. The number of alkyl halides is 3. The smallest absolute Gasteiger partial charge is 0.343 e. The molecule has 2 aliphatic heterocycles. The van der Waals surface area contributed by atoms with Gasteiger partial charge in [0, 0.05) is 25.6 Å². The van der Waals surface area contributed by atoms with Crippen LogP contribution in [0.25, 0.3) is 0 Å². The fourth-order valence-corrected chi connectivity index (χ4v) is 4.48. The molecule has 1 amide bonds. The summed E-state index contributed by atoms with van der Waals surface area (Å²) in [5.74, 6) is 0.890. The van der Waals surface area contributed by atoms with E-state index in [1.165, 1.54) is 12.1 Å². The van der Waals surface area contributed by atoms with Gasteiger partial charge in [0.05, 0.1) is 5.56 Å². The van der Waals surface area contributed by atoms with Gasteiger partial charge in [0.2, 0.25) is 5.91 Å². The minimum Gasteiger partial charge on any atom is -0.343 e. The molecule has 3 rings (SSSR count). The average Bonchev–Trinajstić information content (AvgIpc) is 3.21. The van der Waals surface area contributed by atoms with E-state index in [0.717, 1.165) is 69.9 Å². The molecule has 1 aromatic carbocycles. The Morgan fingerprint density at radius 1 is 1.14 bits per heavy atom. The number of carbonyl (C=O) groups is 1. The van der Waals surface area contributed by atoms with Gasteiger partial charge in [-0.15, -0.1) is 0 Å². The number of nitrogens with zero attached hydrogens (tertiary/aromatic N) is 2. The van der Waals surface area contributed by atoms with Crippen LogP contribution in [0.4, 0.5) is 13.2 Å². The van der Waals surface area contributed by atoms with Crippen LogP contribution in [-0.2, 0) is 17.4 Å². The van der Waals surface area contributed by atoms with Crippen molar-refractivity contribution >= 4 is 5.91 Å². The molecule has 28 heavy (non-hydrogen) atoms. The summed E-state index contributed by atoms with van der Waals surface area (Å²) in [5.41, 5.74) is 0.166. The third-order valence-electron chi connectivity index (χ3n) is 6.28. The van der Waals surface area contributed by atoms with E-state index >= 15 is 0 Å². The maximum Gasteiger partial charge on any atom is 0.416 e. The van der Waals surface area contributed by atoms with Crippen LogP contribution < -0.4 is 0 Å². The molecule has 0 aliphatic carbocycles. The van der Waals surface area contributed by atoms with Crippen molar-refractivity contribution in [1.29, 1.82) is 0 Å². The van der Waals surface area contributed by atoms with Crippen LogP contribution in [-0.4, -0.2) is 47.9 Å². The molecule has 0 radical (unpaired) electrons. The minimum atomic E-state index is -4.29. The van der Waals surface area contributed by atoms with Crippen LogP contribution in [0.1, 0.15) is 56.6 Å². The fourth-order valence-electron chi connectivity index (χ4n) is 4.48. The van der Waals surface area contributed by atoms with Crippen LogP contribution in [0.3, 0.4) is 0 Å². The van der Waals surface area contributed by atoms with Gasteiger partial charge in [-0.05, 0) is 76.1 Å². The Kier molecular flexibility index (Phi) is 7.02. The van der Waals surface area contributed by atoms with Crippen molar-refractivity contribution in [2.45, 2.75) is 64.1 Å². The lowest BCUT2D eigenvalue weighted by Crippen LogP contribution is -2.41. The van der Waals surface area contributed by atoms with E-state index in [1.54, 1.807) is 6.07 Å². The maximum absolute atomic E-state index is 12.9. The van der Waals surface area contributed by atoms with Gasteiger partial charge in [0.25, 0.3) is 0 Å². The normalized spacial score (nSPS) is 20.5. The molecule has 3 nitrogen and oxygen atoms in total. The third-order valence-corrected chi connectivity index (χ3v) is 6.28. The summed E-state index contributed by atoms with van der Waals surface area (Å²) in [6, 6.07) is 5.89. The van der Waals surface area contributed by atoms with Crippen molar-refractivity contribution in [3.05, 3.63) is 35.4 Å². The monoisotopic (exact) mass is 396 g/mol. The van der Waals surface area contributed by atoms with Crippen molar-refractivity contribution in [2.24, 2.45) is 5.92 Å². The molecule has 1 aromatic rings. The molecule has 156 valence electrons. The van der Waals surface area contributed by atoms with Crippen LogP contribution in [0, 0.1) is 5.92 Å². The van der Waals surface area contributed by atoms with E-state index in [9.17, 15) is 18.0 Å². The highest BCUT2D eigenvalue weighted by Crippen LogP contribution is 2.30. The van der Waals surface area contributed by atoms with Crippen LogP contribution in [0.5, 0.6) is 0 Å². The molecule has 2 aliphatic rings. The Bertz CT molecular complexity index is 647.